The molecule has 0 unspecified atom stereocenters. The van der Waals surface area contributed by atoms with Crippen LogP contribution in [0.2, 0.25) is 0 Å². The topological polar surface area (TPSA) is 75.0 Å². The Kier molecular flexibility index (Phi) is 3.69. The number of nitrogens with one attached hydrogen (secondary N) is 1. The molecule has 1 aromatic heterocycles. The molecule has 1 amide bonds. The van der Waals surface area contributed by atoms with Crippen molar-refractivity contribution in [2.24, 2.45) is 0 Å². The van der Waals surface area contributed by atoms with Gasteiger partial charge in [0, 0.05) is 17.5 Å². The smallest absolute Gasteiger partial charge is 0.254 e. The van der Waals surface area contributed by atoms with Gasteiger partial charge in [0.2, 0.25) is 0 Å². The van der Waals surface area contributed by atoms with Crippen LogP contribution in [0.25, 0.3) is 10.9 Å². The van der Waals surface area contributed by atoms with Gasteiger partial charge < -0.3 is 10.6 Å². The fourth-order valence-corrected chi connectivity index (χ4v) is 3.53. The number of benzene rings is 2. The SMILES string of the molecule is Nc1n[nH]c2ccc(C(=O)N3CCCC[C@H]3c3ccccc3)cc12. The molecular formula is C19H20N4O. The maximum Gasteiger partial charge on any atom is 0.254 e. The molecule has 0 radical (unpaired) electrons. The number of anilines is 1. The molecule has 2 aromatic carbocycles. The molecule has 3 aromatic rings. The number of carbonyl (C=O) groups is 1. The molecule has 1 fully saturated rings. The number of amides is 1. The molecule has 0 bridgehead atoms. The Morgan fingerprint density at radius 2 is 2.00 bits per heavy atom. The van der Waals surface area contributed by atoms with Gasteiger partial charge in [0.1, 0.15) is 0 Å². The monoisotopic (exact) mass is 320 g/mol. The van der Waals surface area contributed by atoms with Gasteiger partial charge in [0.15, 0.2) is 5.82 Å². The van der Waals surface area contributed by atoms with Crippen LogP contribution in [0, 0.1) is 0 Å². The molecule has 5 nitrogen and oxygen atoms in total. The minimum absolute atomic E-state index is 0.0612. The van der Waals surface area contributed by atoms with Gasteiger partial charge in [-0.1, -0.05) is 30.3 Å². The van der Waals surface area contributed by atoms with Gasteiger partial charge in [-0.25, -0.2) is 0 Å². The van der Waals surface area contributed by atoms with Crippen molar-refractivity contribution >= 4 is 22.6 Å². The van der Waals surface area contributed by atoms with Crippen molar-refractivity contribution in [3.05, 3.63) is 59.7 Å². The standard InChI is InChI=1S/C19H20N4O/c20-18-15-12-14(9-10-16(15)21-22-18)19(24)23-11-5-4-8-17(23)13-6-2-1-3-7-13/h1-3,6-7,9-10,12,17H,4-5,8,11H2,(H3,20,21,22)/t17-/m0/s1. The molecule has 1 atom stereocenters. The van der Waals surface area contributed by atoms with E-state index in [1.165, 1.54) is 5.56 Å². The summed E-state index contributed by atoms with van der Waals surface area (Å²) in [5, 5.41) is 7.67. The first kappa shape index (κ1) is 14.8. The summed E-state index contributed by atoms with van der Waals surface area (Å²) in [6, 6.07) is 16.0. The minimum Gasteiger partial charge on any atom is -0.382 e. The van der Waals surface area contributed by atoms with Crippen molar-refractivity contribution in [3.8, 4) is 0 Å². The molecule has 0 saturated carbocycles. The molecule has 0 aliphatic carbocycles. The summed E-state index contributed by atoms with van der Waals surface area (Å²) in [7, 11) is 0. The van der Waals surface area contributed by atoms with Crippen molar-refractivity contribution < 1.29 is 4.79 Å². The maximum absolute atomic E-state index is 13.1. The number of aromatic amines is 1. The van der Waals surface area contributed by atoms with Crippen LogP contribution in [-0.4, -0.2) is 27.5 Å². The lowest BCUT2D eigenvalue weighted by Gasteiger charge is -2.36. The zero-order valence-corrected chi connectivity index (χ0v) is 13.4. The average molecular weight is 320 g/mol. The highest BCUT2D eigenvalue weighted by atomic mass is 16.2. The van der Waals surface area contributed by atoms with Crippen molar-refractivity contribution in [2.75, 3.05) is 12.3 Å². The van der Waals surface area contributed by atoms with E-state index in [2.05, 4.69) is 22.3 Å². The normalized spacial score (nSPS) is 18.0. The molecule has 3 N–H and O–H groups in total. The highest BCUT2D eigenvalue weighted by molar-refractivity contribution is 6.00. The summed E-state index contributed by atoms with van der Waals surface area (Å²) in [6.45, 7) is 0.789. The first-order chi connectivity index (χ1) is 11.7. The lowest BCUT2D eigenvalue weighted by molar-refractivity contribution is 0.0612. The van der Waals surface area contributed by atoms with Gasteiger partial charge in [-0.15, -0.1) is 0 Å². The zero-order valence-electron chi connectivity index (χ0n) is 13.4. The van der Waals surface area contributed by atoms with E-state index in [-0.39, 0.29) is 11.9 Å². The van der Waals surface area contributed by atoms with E-state index >= 15 is 0 Å². The predicted molar refractivity (Wildman–Crippen MR) is 94.6 cm³/mol. The van der Waals surface area contributed by atoms with Gasteiger partial charge in [0.25, 0.3) is 5.91 Å². The lowest BCUT2D eigenvalue weighted by atomic mass is 9.94. The van der Waals surface area contributed by atoms with Crippen LogP contribution >= 0.6 is 0 Å². The maximum atomic E-state index is 13.1. The zero-order chi connectivity index (χ0) is 16.5. The van der Waals surface area contributed by atoms with Gasteiger partial charge in [-0.05, 0) is 43.0 Å². The molecule has 5 heteroatoms. The van der Waals surface area contributed by atoms with E-state index in [9.17, 15) is 4.79 Å². The summed E-state index contributed by atoms with van der Waals surface area (Å²) in [5.74, 6) is 0.490. The number of aromatic nitrogens is 2. The lowest BCUT2D eigenvalue weighted by Crippen LogP contribution is -2.38. The Morgan fingerprint density at radius 3 is 2.83 bits per heavy atom. The third-order valence-electron chi connectivity index (χ3n) is 4.79. The second-order valence-electron chi connectivity index (χ2n) is 6.29. The van der Waals surface area contributed by atoms with E-state index in [0.717, 1.165) is 36.7 Å². The number of rotatable bonds is 2. The summed E-state index contributed by atoms with van der Waals surface area (Å²) in [5.41, 5.74) is 8.59. The van der Waals surface area contributed by atoms with Crippen molar-refractivity contribution in [3.63, 3.8) is 0 Å². The Hall–Kier alpha value is -2.82. The number of H-pyrrole nitrogens is 1. The van der Waals surface area contributed by atoms with E-state index in [0.29, 0.717) is 11.4 Å². The minimum atomic E-state index is 0.0612. The van der Waals surface area contributed by atoms with Crippen LogP contribution < -0.4 is 5.73 Å². The summed E-state index contributed by atoms with van der Waals surface area (Å²) < 4.78 is 0. The molecule has 1 saturated heterocycles. The van der Waals surface area contributed by atoms with Crippen LogP contribution in [-0.2, 0) is 0 Å². The van der Waals surface area contributed by atoms with Crippen molar-refractivity contribution in [1.29, 1.82) is 0 Å². The number of hydrogen-bond donors (Lipinski definition) is 2. The summed E-state index contributed by atoms with van der Waals surface area (Å²) >= 11 is 0. The Labute approximate surface area is 140 Å². The fraction of sp³-hybridized carbons (Fsp3) is 0.263. The Balaban J connectivity index is 1.68. The molecule has 4 rings (SSSR count). The molecule has 2 heterocycles. The number of hydrogen-bond acceptors (Lipinski definition) is 3. The number of fused-ring (bicyclic) bond motifs is 1. The Morgan fingerprint density at radius 1 is 1.17 bits per heavy atom. The number of nitrogen functional groups attached to an aromatic ring is 1. The van der Waals surface area contributed by atoms with Crippen LogP contribution in [0.15, 0.2) is 48.5 Å². The summed E-state index contributed by atoms with van der Waals surface area (Å²) in [6.07, 6.45) is 3.20. The fourth-order valence-electron chi connectivity index (χ4n) is 3.53. The van der Waals surface area contributed by atoms with Gasteiger partial charge in [0.05, 0.1) is 11.6 Å². The number of nitrogens with zero attached hydrogens (tertiary/aromatic N) is 2. The molecule has 0 spiro atoms. The van der Waals surface area contributed by atoms with E-state index in [1.54, 1.807) is 0 Å². The third-order valence-corrected chi connectivity index (χ3v) is 4.79. The largest absolute Gasteiger partial charge is 0.382 e. The van der Waals surface area contributed by atoms with Crippen LogP contribution in [0.4, 0.5) is 5.82 Å². The summed E-state index contributed by atoms with van der Waals surface area (Å²) in [4.78, 5) is 15.1. The van der Waals surface area contributed by atoms with Gasteiger partial charge in [-0.3, -0.25) is 9.89 Å². The third kappa shape index (κ3) is 2.52. The van der Waals surface area contributed by atoms with E-state index in [1.807, 2.05) is 41.3 Å². The number of carbonyl (C=O) groups excluding carboxylic acids is 1. The molecular weight excluding hydrogens is 300 g/mol. The van der Waals surface area contributed by atoms with Crippen LogP contribution in [0.3, 0.4) is 0 Å². The predicted octanol–water partition coefficient (Wildman–Crippen LogP) is 3.51. The highest BCUT2D eigenvalue weighted by Crippen LogP contribution is 2.32. The number of nitrogens with two attached hydrogens (primary N) is 1. The van der Waals surface area contributed by atoms with Crippen molar-refractivity contribution in [2.45, 2.75) is 25.3 Å². The number of likely N-dealkylation sites (tertiary alicyclic amines) is 1. The number of piperidine rings is 1. The first-order valence-corrected chi connectivity index (χ1v) is 8.33. The first-order valence-electron chi connectivity index (χ1n) is 8.33. The average Bonchev–Trinajstić information content (AvgIpc) is 3.02. The van der Waals surface area contributed by atoms with E-state index in [4.69, 9.17) is 5.73 Å². The second kappa shape index (κ2) is 6.00. The molecule has 1 aliphatic heterocycles. The van der Waals surface area contributed by atoms with Crippen molar-refractivity contribution in [1.82, 2.24) is 15.1 Å². The van der Waals surface area contributed by atoms with E-state index < -0.39 is 0 Å². The molecule has 24 heavy (non-hydrogen) atoms. The van der Waals surface area contributed by atoms with Gasteiger partial charge >= 0.3 is 0 Å². The second-order valence-corrected chi connectivity index (χ2v) is 6.29. The van der Waals surface area contributed by atoms with Gasteiger partial charge in [-0.2, -0.15) is 5.10 Å². The van der Waals surface area contributed by atoms with Crippen LogP contribution in [0.5, 0.6) is 0 Å². The Bertz CT molecular complexity index is 871. The van der Waals surface area contributed by atoms with Crippen LogP contribution in [0.1, 0.15) is 41.2 Å². The molecule has 122 valence electrons. The quantitative estimate of drug-likeness (QED) is 0.758. The highest BCUT2D eigenvalue weighted by Gasteiger charge is 2.28. The molecule has 1 aliphatic rings.